The molecule has 0 saturated carbocycles. The molecule has 0 aliphatic carbocycles. The lowest BCUT2D eigenvalue weighted by atomic mass is 9.57. The van der Waals surface area contributed by atoms with Crippen LogP contribution in [-0.2, 0) is 20.5 Å². The molecule has 7 rings (SSSR count). The van der Waals surface area contributed by atoms with Gasteiger partial charge in [-0.05, 0) is 49.2 Å². The van der Waals surface area contributed by atoms with Gasteiger partial charge in [-0.2, -0.15) is 0 Å². The van der Waals surface area contributed by atoms with E-state index in [2.05, 4.69) is 10.6 Å². The Morgan fingerprint density at radius 1 is 0.886 bits per heavy atom. The third-order valence-electron chi connectivity index (χ3n) is 8.40. The van der Waals surface area contributed by atoms with Crippen LogP contribution in [0.5, 0.6) is 0 Å². The lowest BCUT2D eigenvalue weighted by molar-refractivity contribution is -0.137. The van der Waals surface area contributed by atoms with E-state index in [1.165, 1.54) is 12.1 Å². The Morgan fingerprint density at radius 2 is 1.60 bits per heavy atom. The third-order valence-corrected chi connectivity index (χ3v) is 8.40. The summed E-state index contributed by atoms with van der Waals surface area (Å²) in [5, 5.41) is 5.91. The minimum absolute atomic E-state index is 0.177. The van der Waals surface area contributed by atoms with E-state index >= 15 is 0 Å². The van der Waals surface area contributed by atoms with Crippen LogP contribution in [0.4, 0.5) is 15.8 Å². The molecule has 2 spiro atoms. The molecule has 4 aliphatic heterocycles. The molecule has 4 atom stereocenters. The summed E-state index contributed by atoms with van der Waals surface area (Å²) in [5.41, 5.74) is -0.503. The van der Waals surface area contributed by atoms with Crippen molar-refractivity contribution in [3.05, 3.63) is 95.3 Å². The Morgan fingerprint density at radius 3 is 2.43 bits per heavy atom. The number of halogens is 1. The number of nitrogens with one attached hydrogen (secondary N) is 2. The maximum Gasteiger partial charge on any atom is 0.251 e. The predicted molar refractivity (Wildman–Crippen MR) is 127 cm³/mol. The molecular formula is C28H22FN3O3. The van der Waals surface area contributed by atoms with Crippen LogP contribution in [-0.4, -0.2) is 35.1 Å². The molecule has 0 radical (unpaired) electrons. The minimum atomic E-state index is -1.55. The quantitative estimate of drug-likeness (QED) is 0.562. The van der Waals surface area contributed by atoms with Crippen molar-refractivity contribution in [3.8, 4) is 0 Å². The van der Waals surface area contributed by atoms with Crippen LogP contribution in [0.2, 0.25) is 0 Å². The largest absolute Gasteiger partial charge is 0.325 e. The molecule has 2 saturated heterocycles. The van der Waals surface area contributed by atoms with Gasteiger partial charge in [-0.1, -0.05) is 48.5 Å². The SMILES string of the molecule is O=C(c1ccccc1)C1C2CCCN2C2(C(=O)Nc3ccc(F)cc32)C12C(=O)Nc1ccccc12. The average molecular weight is 468 g/mol. The number of carbonyl (C=O) groups excluding carboxylic acids is 3. The van der Waals surface area contributed by atoms with Crippen molar-refractivity contribution in [2.75, 3.05) is 17.2 Å². The summed E-state index contributed by atoms with van der Waals surface area (Å²) in [6, 6.07) is 20.0. The Labute approximate surface area is 201 Å². The van der Waals surface area contributed by atoms with Crippen molar-refractivity contribution in [2.45, 2.75) is 29.8 Å². The number of rotatable bonds is 2. The highest BCUT2D eigenvalue weighted by Gasteiger charge is 2.81. The number of anilines is 2. The monoisotopic (exact) mass is 467 g/mol. The molecule has 0 bridgehead atoms. The molecule has 3 aromatic rings. The predicted octanol–water partition coefficient (Wildman–Crippen LogP) is 3.84. The van der Waals surface area contributed by atoms with Gasteiger partial charge in [0.2, 0.25) is 5.91 Å². The Bertz CT molecular complexity index is 1440. The first-order chi connectivity index (χ1) is 17.0. The number of ketones is 1. The molecule has 4 unspecified atom stereocenters. The van der Waals surface area contributed by atoms with Crippen LogP contribution in [0.25, 0.3) is 0 Å². The summed E-state index contributed by atoms with van der Waals surface area (Å²) < 4.78 is 14.7. The maximum atomic E-state index is 14.7. The van der Waals surface area contributed by atoms with Crippen LogP contribution >= 0.6 is 0 Å². The summed E-state index contributed by atoms with van der Waals surface area (Å²) in [7, 11) is 0. The normalized spacial score (nSPS) is 30.3. The highest BCUT2D eigenvalue weighted by Crippen LogP contribution is 2.67. The number of hydrogen-bond acceptors (Lipinski definition) is 4. The molecule has 2 amide bonds. The minimum Gasteiger partial charge on any atom is -0.325 e. The average Bonchev–Trinajstić information content (AvgIpc) is 3.58. The van der Waals surface area contributed by atoms with Crippen LogP contribution in [0.3, 0.4) is 0 Å². The number of benzene rings is 3. The standard InChI is InChI=1S/C28H22FN3O3/c29-17-12-13-21-19(15-17)28(26(35)31-21)27(18-9-4-5-10-20(18)30-25(27)34)23(22-11-6-14-32(22)28)24(33)16-7-2-1-3-8-16/h1-5,7-10,12-13,15,22-23H,6,11,14H2,(H,30,34)(H,31,35). The maximum absolute atomic E-state index is 14.7. The first kappa shape index (κ1) is 20.5. The van der Waals surface area contributed by atoms with Crippen LogP contribution in [0.15, 0.2) is 72.8 Å². The molecule has 0 aromatic heterocycles. The number of para-hydroxylation sites is 1. The van der Waals surface area contributed by atoms with Gasteiger partial charge in [-0.25, -0.2) is 4.39 Å². The lowest BCUT2D eigenvalue weighted by Gasteiger charge is -2.43. The fourth-order valence-electron chi connectivity index (χ4n) is 7.33. The number of fused-ring (bicyclic) bond motifs is 7. The summed E-state index contributed by atoms with van der Waals surface area (Å²) in [4.78, 5) is 44.8. The summed E-state index contributed by atoms with van der Waals surface area (Å²) in [5.74, 6) is -2.27. The van der Waals surface area contributed by atoms with E-state index in [1.54, 1.807) is 36.4 Å². The Balaban J connectivity index is 1.61. The van der Waals surface area contributed by atoms with E-state index < -0.39 is 28.6 Å². The first-order valence-electron chi connectivity index (χ1n) is 11.9. The lowest BCUT2D eigenvalue weighted by Crippen LogP contribution is -2.62. The van der Waals surface area contributed by atoms with Crippen molar-refractivity contribution in [2.24, 2.45) is 5.92 Å². The van der Waals surface area contributed by atoms with E-state index in [4.69, 9.17) is 0 Å². The van der Waals surface area contributed by atoms with Crippen LogP contribution in [0, 0.1) is 11.7 Å². The zero-order valence-electron chi connectivity index (χ0n) is 18.8. The van der Waals surface area contributed by atoms with E-state index in [9.17, 15) is 18.8 Å². The zero-order chi connectivity index (χ0) is 23.9. The highest BCUT2D eigenvalue weighted by molar-refractivity contribution is 6.21. The van der Waals surface area contributed by atoms with Gasteiger partial charge in [0.1, 0.15) is 16.8 Å². The van der Waals surface area contributed by atoms with Gasteiger partial charge < -0.3 is 10.6 Å². The number of hydrogen-bond donors (Lipinski definition) is 2. The molecule has 174 valence electrons. The molecule has 3 aromatic carbocycles. The van der Waals surface area contributed by atoms with Crippen molar-refractivity contribution in [1.82, 2.24) is 4.90 Å². The number of nitrogens with zero attached hydrogens (tertiary/aromatic N) is 1. The Hall–Kier alpha value is -3.84. The van der Waals surface area contributed by atoms with Gasteiger partial charge in [-0.3, -0.25) is 19.3 Å². The first-order valence-corrected chi connectivity index (χ1v) is 11.9. The second-order valence-corrected chi connectivity index (χ2v) is 9.77. The second kappa shape index (κ2) is 6.86. The van der Waals surface area contributed by atoms with E-state index in [0.29, 0.717) is 41.0 Å². The zero-order valence-corrected chi connectivity index (χ0v) is 18.8. The van der Waals surface area contributed by atoms with Crippen LogP contribution in [0.1, 0.15) is 34.3 Å². The second-order valence-electron chi connectivity index (χ2n) is 9.77. The van der Waals surface area contributed by atoms with Gasteiger partial charge in [0.15, 0.2) is 5.78 Å². The van der Waals surface area contributed by atoms with E-state index in [1.807, 2.05) is 29.2 Å². The van der Waals surface area contributed by atoms with Gasteiger partial charge in [0.25, 0.3) is 5.91 Å². The fraction of sp³-hybridized carbons (Fsp3) is 0.250. The molecule has 4 aliphatic rings. The van der Waals surface area contributed by atoms with Crippen molar-refractivity contribution in [3.63, 3.8) is 0 Å². The number of carbonyl (C=O) groups is 3. The molecule has 7 heteroatoms. The van der Waals surface area contributed by atoms with Crippen molar-refractivity contribution in [1.29, 1.82) is 0 Å². The molecule has 2 fully saturated rings. The molecular weight excluding hydrogens is 445 g/mol. The van der Waals surface area contributed by atoms with Gasteiger partial charge in [0.05, 0.1) is 5.92 Å². The summed E-state index contributed by atoms with van der Waals surface area (Å²) in [6.45, 7) is 0.532. The Kier molecular flexibility index (Phi) is 4.02. The summed E-state index contributed by atoms with van der Waals surface area (Å²) in [6.07, 6.45) is 1.45. The molecule has 6 nitrogen and oxygen atoms in total. The smallest absolute Gasteiger partial charge is 0.251 e. The highest BCUT2D eigenvalue weighted by atomic mass is 19.1. The van der Waals surface area contributed by atoms with Crippen LogP contribution < -0.4 is 10.6 Å². The van der Waals surface area contributed by atoms with Gasteiger partial charge >= 0.3 is 0 Å². The van der Waals surface area contributed by atoms with Gasteiger partial charge in [0, 0.05) is 28.5 Å². The fourth-order valence-corrected chi connectivity index (χ4v) is 7.33. The third kappa shape index (κ3) is 2.25. The molecule has 4 heterocycles. The topological polar surface area (TPSA) is 78.5 Å². The van der Waals surface area contributed by atoms with Gasteiger partial charge in [-0.15, -0.1) is 0 Å². The van der Waals surface area contributed by atoms with Crippen molar-refractivity contribution < 1.29 is 18.8 Å². The van der Waals surface area contributed by atoms with E-state index in [0.717, 1.165) is 6.42 Å². The van der Waals surface area contributed by atoms with Crippen molar-refractivity contribution >= 4 is 29.0 Å². The number of amides is 2. The van der Waals surface area contributed by atoms with E-state index in [-0.39, 0.29) is 17.7 Å². The molecule has 2 N–H and O–H groups in total. The molecule has 35 heavy (non-hydrogen) atoms. The summed E-state index contributed by atoms with van der Waals surface area (Å²) >= 11 is 0. The number of Topliss-reactive ketones (excluding diaryl/α,β-unsaturated/α-hetero) is 1.